The second-order valence-electron chi connectivity index (χ2n) is 7.07. The van der Waals surface area contributed by atoms with E-state index in [0.29, 0.717) is 16.7 Å². The molecule has 0 spiro atoms. The molecule has 0 fully saturated rings. The fraction of sp³-hybridized carbons (Fsp3) is 0.273. The lowest BCUT2D eigenvalue weighted by molar-refractivity contribution is 0.290. The predicted octanol–water partition coefficient (Wildman–Crippen LogP) is 4.38. The standard InChI is InChI=1S/C22H22FN3OS/c23-18-8-6-16(7-9-18)17-10-14-25(15-11-17)12-3-13-26-21(27)19-4-1-2-5-20(19)24-22(26)28/h1-2,4-10H,3,11-15H2,(H,24,28). The Bertz CT molecular complexity index is 1130. The molecule has 0 amide bonds. The summed E-state index contributed by atoms with van der Waals surface area (Å²) in [5.74, 6) is -0.205. The first-order chi connectivity index (χ1) is 13.6. The van der Waals surface area contributed by atoms with Crippen molar-refractivity contribution in [2.45, 2.75) is 19.4 Å². The number of nitrogens with zero attached hydrogens (tertiary/aromatic N) is 2. The Balaban J connectivity index is 1.38. The molecule has 3 aromatic rings. The minimum atomic E-state index is -0.205. The van der Waals surface area contributed by atoms with Gasteiger partial charge >= 0.3 is 0 Å². The number of hydrogen-bond acceptors (Lipinski definition) is 3. The van der Waals surface area contributed by atoms with E-state index in [9.17, 15) is 9.18 Å². The molecular weight excluding hydrogens is 373 g/mol. The summed E-state index contributed by atoms with van der Waals surface area (Å²) in [6.07, 6.45) is 4.02. The highest BCUT2D eigenvalue weighted by atomic mass is 32.1. The lowest BCUT2D eigenvalue weighted by atomic mass is 9.99. The van der Waals surface area contributed by atoms with Gasteiger partial charge in [-0.05, 0) is 60.5 Å². The Morgan fingerprint density at radius 2 is 1.86 bits per heavy atom. The zero-order valence-corrected chi connectivity index (χ0v) is 16.3. The summed E-state index contributed by atoms with van der Waals surface area (Å²) in [6, 6.07) is 14.1. The van der Waals surface area contributed by atoms with Crippen molar-refractivity contribution in [3.8, 4) is 0 Å². The second kappa shape index (κ2) is 8.20. The van der Waals surface area contributed by atoms with Crippen molar-refractivity contribution in [1.29, 1.82) is 0 Å². The van der Waals surface area contributed by atoms with Crippen molar-refractivity contribution in [3.05, 3.63) is 81.1 Å². The van der Waals surface area contributed by atoms with Gasteiger partial charge in [0, 0.05) is 26.2 Å². The van der Waals surface area contributed by atoms with Crippen LogP contribution in [0.2, 0.25) is 0 Å². The van der Waals surface area contributed by atoms with Crippen molar-refractivity contribution in [2.75, 3.05) is 19.6 Å². The first-order valence-corrected chi connectivity index (χ1v) is 9.92. The Morgan fingerprint density at radius 1 is 1.07 bits per heavy atom. The lowest BCUT2D eigenvalue weighted by Gasteiger charge is -2.26. The summed E-state index contributed by atoms with van der Waals surface area (Å²) in [6.45, 7) is 3.33. The van der Waals surface area contributed by atoms with Crippen LogP contribution in [0, 0.1) is 10.6 Å². The van der Waals surface area contributed by atoms with E-state index < -0.39 is 0 Å². The van der Waals surface area contributed by atoms with E-state index >= 15 is 0 Å². The predicted molar refractivity (Wildman–Crippen MR) is 113 cm³/mol. The van der Waals surface area contributed by atoms with Gasteiger partial charge in [-0.25, -0.2) is 4.39 Å². The average molecular weight is 396 g/mol. The summed E-state index contributed by atoms with van der Waals surface area (Å²) in [5.41, 5.74) is 3.11. The van der Waals surface area contributed by atoms with Crippen LogP contribution in [0.4, 0.5) is 4.39 Å². The number of aromatic amines is 1. The third kappa shape index (κ3) is 3.98. The van der Waals surface area contributed by atoms with E-state index in [4.69, 9.17) is 12.2 Å². The Labute approximate surface area is 167 Å². The number of aromatic nitrogens is 2. The number of nitrogens with one attached hydrogen (secondary N) is 1. The highest BCUT2D eigenvalue weighted by Gasteiger charge is 2.13. The molecule has 0 atom stereocenters. The third-order valence-electron chi connectivity index (χ3n) is 5.25. The minimum Gasteiger partial charge on any atom is -0.332 e. The normalized spacial score (nSPS) is 15.0. The van der Waals surface area contributed by atoms with Crippen LogP contribution in [0.3, 0.4) is 0 Å². The molecule has 4 rings (SSSR count). The fourth-order valence-corrected chi connectivity index (χ4v) is 3.98. The molecule has 1 N–H and O–H groups in total. The monoisotopic (exact) mass is 395 g/mol. The topological polar surface area (TPSA) is 41.0 Å². The SMILES string of the molecule is O=c1c2ccccc2[nH]c(=S)n1CCCN1CC=C(c2ccc(F)cc2)CC1. The number of benzene rings is 2. The van der Waals surface area contributed by atoms with Crippen LogP contribution >= 0.6 is 12.2 Å². The van der Waals surface area contributed by atoms with Crippen LogP contribution in [0.5, 0.6) is 0 Å². The molecule has 1 aliphatic rings. The van der Waals surface area contributed by atoms with Crippen LogP contribution in [0.15, 0.2) is 59.4 Å². The van der Waals surface area contributed by atoms with Gasteiger partial charge in [-0.2, -0.15) is 0 Å². The number of H-pyrrole nitrogens is 1. The summed E-state index contributed by atoms with van der Waals surface area (Å²) in [4.78, 5) is 18.2. The maximum atomic E-state index is 13.1. The second-order valence-corrected chi connectivity index (χ2v) is 7.46. The third-order valence-corrected chi connectivity index (χ3v) is 5.58. The van der Waals surface area contributed by atoms with Gasteiger partial charge in [0.2, 0.25) is 0 Å². The van der Waals surface area contributed by atoms with E-state index in [1.54, 1.807) is 4.57 Å². The molecule has 2 aromatic carbocycles. The molecule has 1 aromatic heterocycles. The highest BCUT2D eigenvalue weighted by Crippen LogP contribution is 2.22. The molecule has 0 radical (unpaired) electrons. The van der Waals surface area contributed by atoms with E-state index in [1.807, 2.05) is 36.4 Å². The van der Waals surface area contributed by atoms with E-state index in [-0.39, 0.29) is 11.4 Å². The quantitative estimate of drug-likeness (QED) is 0.652. The Kier molecular flexibility index (Phi) is 5.50. The van der Waals surface area contributed by atoms with E-state index in [2.05, 4.69) is 16.0 Å². The van der Waals surface area contributed by atoms with Crippen LogP contribution in [0.1, 0.15) is 18.4 Å². The highest BCUT2D eigenvalue weighted by molar-refractivity contribution is 7.71. The van der Waals surface area contributed by atoms with Gasteiger partial charge in [0.15, 0.2) is 4.77 Å². The molecule has 28 heavy (non-hydrogen) atoms. The molecule has 2 heterocycles. The largest absolute Gasteiger partial charge is 0.332 e. The van der Waals surface area contributed by atoms with Crippen LogP contribution < -0.4 is 5.56 Å². The van der Waals surface area contributed by atoms with Gasteiger partial charge in [0.1, 0.15) is 5.82 Å². The van der Waals surface area contributed by atoms with Crippen molar-refractivity contribution in [3.63, 3.8) is 0 Å². The van der Waals surface area contributed by atoms with Crippen molar-refractivity contribution < 1.29 is 4.39 Å². The zero-order valence-electron chi connectivity index (χ0n) is 15.5. The number of fused-ring (bicyclic) bond motifs is 1. The molecule has 144 valence electrons. The number of rotatable bonds is 5. The summed E-state index contributed by atoms with van der Waals surface area (Å²) in [5, 5.41) is 0.668. The van der Waals surface area contributed by atoms with Gasteiger partial charge in [-0.15, -0.1) is 0 Å². The number of hydrogen-bond donors (Lipinski definition) is 1. The molecule has 0 bridgehead atoms. The molecule has 0 unspecified atom stereocenters. The zero-order chi connectivity index (χ0) is 19.5. The first kappa shape index (κ1) is 18.8. The Morgan fingerprint density at radius 3 is 2.61 bits per heavy atom. The van der Waals surface area contributed by atoms with Crippen LogP contribution in [0.25, 0.3) is 16.5 Å². The van der Waals surface area contributed by atoms with Crippen molar-refractivity contribution >= 4 is 28.7 Å². The van der Waals surface area contributed by atoms with Gasteiger partial charge in [-0.1, -0.05) is 30.3 Å². The van der Waals surface area contributed by atoms with Gasteiger partial charge < -0.3 is 4.98 Å². The molecule has 1 aliphatic heterocycles. The van der Waals surface area contributed by atoms with E-state index in [1.165, 1.54) is 17.7 Å². The molecule has 0 aliphatic carbocycles. The lowest BCUT2D eigenvalue weighted by Crippen LogP contribution is -2.31. The summed E-state index contributed by atoms with van der Waals surface area (Å²) < 4.78 is 15.2. The van der Waals surface area contributed by atoms with Crippen molar-refractivity contribution in [2.24, 2.45) is 0 Å². The molecule has 4 nitrogen and oxygen atoms in total. The van der Waals surface area contributed by atoms with E-state index in [0.717, 1.165) is 43.6 Å². The fourth-order valence-electron chi connectivity index (χ4n) is 3.69. The molecule has 6 heteroatoms. The average Bonchev–Trinajstić information content (AvgIpc) is 2.71. The maximum Gasteiger partial charge on any atom is 0.262 e. The summed E-state index contributed by atoms with van der Waals surface area (Å²) >= 11 is 5.37. The Hall–Kier alpha value is -2.57. The number of halogens is 1. The minimum absolute atomic E-state index is 0.0310. The van der Waals surface area contributed by atoms with Crippen LogP contribution in [-0.2, 0) is 6.54 Å². The molecule has 0 saturated heterocycles. The first-order valence-electron chi connectivity index (χ1n) is 9.51. The maximum absolute atomic E-state index is 13.1. The number of para-hydroxylation sites is 1. The van der Waals surface area contributed by atoms with Gasteiger partial charge in [-0.3, -0.25) is 14.3 Å². The smallest absolute Gasteiger partial charge is 0.262 e. The van der Waals surface area contributed by atoms with Crippen LogP contribution in [-0.4, -0.2) is 34.1 Å². The molecular formula is C22H22FN3OS. The summed E-state index contributed by atoms with van der Waals surface area (Å²) in [7, 11) is 0. The molecule has 0 saturated carbocycles. The van der Waals surface area contributed by atoms with Crippen molar-refractivity contribution in [1.82, 2.24) is 14.5 Å². The van der Waals surface area contributed by atoms with Gasteiger partial charge in [0.25, 0.3) is 5.56 Å². The van der Waals surface area contributed by atoms with Gasteiger partial charge in [0.05, 0.1) is 10.9 Å².